The summed E-state index contributed by atoms with van der Waals surface area (Å²) in [5.74, 6) is 1.18. The normalized spacial score (nSPS) is 11.9. The van der Waals surface area contributed by atoms with Crippen molar-refractivity contribution in [1.82, 2.24) is 5.32 Å². The van der Waals surface area contributed by atoms with E-state index in [2.05, 4.69) is 36.5 Å². The molecule has 0 heterocycles. The van der Waals surface area contributed by atoms with Crippen LogP contribution in [0.15, 0.2) is 66.7 Å². The van der Waals surface area contributed by atoms with Gasteiger partial charge in [-0.15, -0.1) is 0 Å². The van der Waals surface area contributed by atoms with Crippen molar-refractivity contribution in [3.8, 4) is 11.5 Å². The van der Waals surface area contributed by atoms with Crippen LogP contribution in [0.5, 0.6) is 11.5 Å². The summed E-state index contributed by atoms with van der Waals surface area (Å²) in [5.41, 5.74) is 3.43. The number of nitrogens with one attached hydrogen (secondary N) is 1. The highest BCUT2D eigenvalue weighted by atomic mass is 35.5. The number of rotatable bonds is 10. The fourth-order valence-electron chi connectivity index (χ4n) is 3.17. The lowest BCUT2D eigenvalue weighted by Gasteiger charge is -2.17. The monoisotopic (exact) mass is 443 g/mol. The van der Waals surface area contributed by atoms with Crippen LogP contribution >= 0.6 is 23.2 Å². The molecule has 3 rings (SSSR count). The standard InChI is InChI=1S/C25H27Cl2NO2/c1-18(8-9-19-6-4-3-5-7-19)28-16-21-14-23(27)25(24(15-21)29-2)30-17-20-10-12-22(26)13-11-20/h3-7,10-15,18,28H,8-9,16-17H2,1-2H3. The fourth-order valence-corrected chi connectivity index (χ4v) is 3.59. The third-order valence-electron chi connectivity index (χ3n) is 4.95. The maximum atomic E-state index is 6.51. The van der Waals surface area contributed by atoms with E-state index in [1.165, 1.54) is 5.56 Å². The van der Waals surface area contributed by atoms with Gasteiger partial charge in [-0.3, -0.25) is 0 Å². The van der Waals surface area contributed by atoms with E-state index in [1.807, 2.05) is 42.5 Å². The third-order valence-corrected chi connectivity index (χ3v) is 5.48. The average Bonchev–Trinajstić information content (AvgIpc) is 2.77. The molecule has 3 aromatic carbocycles. The Balaban J connectivity index is 1.56. The lowest BCUT2D eigenvalue weighted by molar-refractivity contribution is 0.284. The topological polar surface area (TPSA) is 30.5 Å². The zero-order valence-corrected chi connectivity index (χ0v) is 18.8. The zero-order valence-electron chi connectivity index (χ0n) is 17.3. The minimum absolute atomic E-state index is 0.385. The second-order valence-corrected chi connectivity index (χ2v) is 8.17. The van der Waals surface area contributed by atoms with E-state index in [-0.39, 0.29) is 0 Å². The van der Waals surface area contributed by atoms with Crippen molar-refractivity contribution in [2.45, 2.75) is 39.0 Å². The lowest BCUT2D eigenvalue weighted by Crippen LogP contribution is -2.26. The maximum Gasteiger partial charge on any atom is 0.180 e. The van der Waals surface area contributed by atoms with Gasteiger partial charge >= 0.3 is 0 Å². The van der Waals surface area contributed by atoms with E-state index in [4.69, 9.17) is 32.7 Å². The molecule has 0 aliphatic carbocycles. The first-order valence-electron chi connectivity index (χ1n) is 10.1. The van der Waals surface area contributed by atoms with Crippen LogP contribution in [0.25, 0.3) is 0 Å². The highest BCUT2D eigenvalue weighted by Gasteiger charge is 2.13. The molecule has 0 fully saturated rings. The van der Waals surface area contributed by atoms with Crippen molar-refractivity contribution in [2.75, 3.05) is 7.11 Å². The Hall–Kier alpha value is -2.20. The largest absolute Gasteiger partial charge is 0.493 e. The minimum atomic E-state index is 0.385. The molecule has 0 radical (unpaired) electrons. The molecule has 0 saturated heterocycles. The molecule has 1 atom stereocenters. The van der Waals surface area contributed by atoms with Gasteiger partial charge in [0.25, 0.3) is 0 Å². The van der Waals surface area contributed by atoms with Gasteiger partial charge in [0.15, 0.2) is 11.5 Å². The number of benzene rings is 3. The predicted molar refractivity (Wildman–Crippen MR) is 125 cm³/mol. The number of halogens is 2. The molecule has 1 N–H and O–H groups in total. The van der Waals surface area contributed by atoms with Crippen molar-refractivity contribution >= 4 is 23.2 Å². The highest BCUT2D eigenvalue weighted by molar-refractivity contribution is 6.32. The van der Waals surface area contributed by atoms with Gasteiger partial charge in [0.1, 0.15) is 6.61 Å². The Morgan fingerprint density at radius 1 is 0.900 bits per heavy atom. The molecule has 0 spiro atoms. The molecule has 158 valence electrons. The van der Waals surface area contributed by atoms with Crippen LogP contribution in [0.3, 0.4) is 0 Å². The van der Waals surface area contributed by atoms with Gasteiger partial charge in [0.2, 0.25) is 0 Å². The summed E-state index contributed by atoms with van der Waals surface area (Å²) in [6, 6.07) is 22.4. The molecule has 0 bridgehead atoms. The fraction of sp³-hybridized carbons (Fsp3) is 0.280. The van der Waals surface area contributed by atoms with Crippen molar-refractivity contribution in [1.29, 1.82) is 0 Å². The van der Waals surface area contributed by atoms with E-state index in [1.54, 1.807) is 7.11 Å². The molecule has 0 saturated carbocycles. The Bertz CT molecular complexity index is 930. The van der Waals surface area contributed by atoms with Gasteiger partial charge in [0, 0.05) is 17.6 Å². The zero-order chi connectivity index (χ0) is 21.3. The number of ether oxygens (including phenoxy) is 2. The molecule has 0 aromatic heterocycles. The Morgan fingerprint density at radius 3 is 2.33 bits per heavy atom. The first kappa shape index (κ1) is 22.5. The number of aryl methyl sites for hydroxylation is 1. The summed E-state index contributed by atoms with van der Waals surface area (Å²) < 4.78 is 11.5. The minimum Gasteiger partial charge on any atom is -0.493 e. The first-order chi connectivity index (χ1) is 14.5. The van der Waals surface area contributed by atoms with Crippen molar-refractivity contribution in [3.05, 3.63) is 93.5 Å². The summed E-state index contributed by atoms with van der Waals surface area (Å²) in [7, 11) is 1.63. The van der Waals surface area contributed by atoms with Crippen LogP contribution in [-0.4, -0.2) is 13.2 Å². The van der Waals surface area contributed by atoms with E-state index < -0.39 is 0 Å². The van der Waals surface area contributed by atoms with Crippen LogP contribution in [-0.2, 0) is 19.6 Å². The lowest BCUT2D eigenvalue weighted by atomic mass is 10.1. The van der Waals surface area contributed by atoms with Crippen molar-refractivity contribution in [3.63, 3.8) is 0 Å². The van der Waals surface area contributed by atoms with E-state index in [9.17, 15) is 0 Å². The molecular formula is C25H27Cl2NO2. The molecule has 5 heteroatoms. The van der Waals surface area contributed by atoms with Crippen LogP contribution in [0.4, 0.5) is 0 Å². The number of hydrogen-bond donors (Lipinski definition) is 1. The molecule has 30 heavy (non-hydrogen) atoms. The molecule has 0 amide bonds. The smallest absolute Gasteiger partial charge is 0.180 e. The van der Waals surface area contributed by atoms with Gasteiger partial charge in [0.05, 0.1) is 12.1 Å². The quantitative estimate of drug-likeness (QED) is 0.378. The Labute approximate surface area is 188 Å². The SMILES string of the molecule is COc1cc(CNC(C)CCc2ccccc2)cc(Cl)c1OCc1ccc(Cl)cc1. The molecule has 1 unspecified atom stereocenters. The van der Waals surface area contributed by atoms with Crippen LogP contribution in [0.1, 0.15) is 30.0 Å². The van der Waals surface area contributed by atoms with Gasteiger partial charge < -0.3 is 14.8 Å². The van der Waals surface area contributed by atoms with Gasteiger partial charge in [-0.25, -0.2) is 0 Å². The van der Waals surface area contributed by atoms with Crippen LogP contribution < -0.4 is 14.8 Å². The van der Waals surface area contributed by atoms with Gasteiger partial charge in [-0.1, -0.05) is 65.7 Å². The molecule has 3 aromatic rings. The maximum absolute atomic E-state index is 6.51. The molecular weight excluding hydrogens is 417 g/mol. The van der Waals surface area contributed by atoms with Gasteiger partial charge in [-0.2, -0.15) is 0 Å². The van der Waals surface area contributed by atoms with Crippen molar-refractivity contribution in [2.24, 2.45) is 0 Å². The molecule has 0 aliphatic rings. The molecule has 0 aliphatic heterocycles. The van der Waals surface area contributed by atoms with Crippen LogP contribution in [0, 0.1) is 0 Å². The summed E-state index contributed by atoms with van der Waals surface area (Å²) in [6.07, 6.45) is 2.12. The second kappa shape index (κ2) is 11.3. The predicted octanol–water partition coefficient (Wildman–Crippen LogP) is 6.69. The Kier molecular flexibility index (Phi) is 8.44. The summed E-state index contributed by atoms with van der Waals surface area (Å²) in [4.78, 5) is 0. The van der Waals surface area contributed by atoms with E-state index >= 15 is 0 Å². The Morgan fingerprint density at radius 2 is 1.63 bits per heavy atom. The van der Waals surface area contributed by atoms with E-state index in [0.29, 0.717) is 40.7 Å². The highest BCUT2D eigenvalue weighted by Crippen LogP contribution is 2.37. The van der Waals surface area contributed by atoms with Gasteiger partial charge in [-0.05, 0) is 60.7 Å². The van der Waals surface area contributed by atoms with Crippen molar-refractivity contribution < 1.29 is 9.47 Å². The second-order valence-electron chi connectivity index (χ2n) is 7.33. The number of methoxy groups -OCH3 is 1. The number of hydrogen-bond acceptors (Lipinski definition) is 3. The molecule has 3 nitrogen and oxygen atoms in total. The summed E-state index contributed by atoms with van der Waals surface area (Å²) >= 11 is 12.4. The first-order valence-corrected chi connectivity index (χ1v) is 10.8. The average molecular weight is 444 g/mol. The van der Waals surface area contributed by atoms with Crippen LogP contribution in [0.2, 0.25) is 10.0 Å². The van der Waals surface area contributed by atoms with E-state index in [0.717, 1.165) is 24.0 Å². The summed E-state index contributed by atoms with van der Waals surface area (Å²) in [6.45, 7) is 3.30. The third kappa shape index (κ3) is 6.66. The summed E-state index contributed by atoms with van der Waals surface area (Å²) in [5, 5.41) is 4.80.